The summed E-state index contributed by atoms with van der Waals surface area (Å²) in [5.41, 5.74) is 0.330. The molecule has 8 heteroatoms. The molecule has 0 radical (unpaired) electrons. The molecule has 1 fully saturated rings. The van der Waals surface area contributed by atoms with Crippen LogP contribution in [0.4, 0.5) is 11.4 Å². The van der Waals surface area contributed by atoms with Crippen molar-refractivity contribution >= 4 is 23.1 Å². The van der Waals surface area contributed by atoms with Gasteiger partial charge in [-0.15, -0.1) is 0 Å². The molecule has 23 heavy (non-hydrogen) atoms. The third kappa shape index (κ3) is 2.82. The molecule has 0 N–H and O–H groups in total. The van der Waals surface area contributed by atoms with E-state index in [1.807, 2.05) is 18.7 Å². The number of rotatable bonds is 3. The number of fused-ring (bicyclic) bond motifs is 1. The first-order valence-corrected chi connectivity index (χ1v) is 7.39. The minimum absolute atomic E-state index is 0.0449. The van der Waals surface area contributed by atoms with E-state index in [9.17, 15) is 19.7 Å². The van der Waals surface area contributed by atoms with Crippen LogP contribution in [-0.4, -0.2) is 53.5 Å². The maximum Gasteiger partial charge on any atom is 0.300 e. The fourth-order valence-corrected chi connectivity index (χ4v) is 3.14. The van der Waals surface area contributed by atoms with Gasteiger partial charge in [-0.2, -0.15) is 0 Å². The van der Waals surface area contributed by atoms with E-state index in [2.05, 4.69) is 0 Å². The van der Waals surface area contributed by atoms with Crippen molar-refractivity contribution in [1.29, 1.82) is 0 Å². The van der Waals surface area contributed by atoms with Gasteiger partial charge in [-0.05, 0) is 19.9 Å². The van der Waals surface area contributed by atoms with E-state index >= 15 is 0 Å². The predicted molar refractivity (Wildman–Crippen MR) is 81.4 cm³/mol. The number of nitro benzene ring substituents is 1. The number of Topliss-reactive ketones (excluding diaryl/α,β-unsaturated/α-hetero) is 1. The van der Waals surface area contributed by atoms with E-state index in [0.29, 0.717) is 18.8 Å². The van der Waals surface area contributed by atoms with Crippen LogP contribution in [0.25, 0.3) is 0 Å². The third-order valence-electron chi connectivity index (χ3n) is 4.00. The lowest BCUT2D eigenvalue weighted by Crippen LogP contribution is -2.50. The smallest absolute Gasteiger partial charge is 0.300 e. The lowest BCUT2D eigenvalue weighted by molar-refractivity contribution is -0.384. The van der Waals surface area contributed by atoms with Crippen LogP contribution in [0.3, 0.4) is 0 Å². The number of carbonyl (C=O) groups is 2. The van der Waals surface area contributed by atoms with E-state index in [1.165, 1.54) is 23.1 Å². The van der Waals surface area contributed by atoms with Gasteiger partial charge < -0.3 is 4.74 Å². The number of nitro groups is 1. The Morgan fingerprint density at radius 2 is 1.91 bits per heavy atom. The predicted octanol–water partition coefficient (Wildman–Crippen LogP) is 1.19. The Bertz CT molecular complexity index is 680. The molecular weight excluding hydrogens is 302 g/mol. The lowest BCUT2D eigenvalue weighted by Gasteiger charge is -2.37. The van der Waals surface area contributed by atoms with E-state index in [4.69, 9.17) is 4.74 Å². The molecule has 2 aliphatic rings. The molecule has 2 heterocycles. The fourth-order valence-electron chi connectivity index (χ4n) is 3.14. The number of amides is 1. The third-order valence-corrected chi connectivity index (χ3v) is 4.00. The van der Waals surface area contributed by atoms with E-state index in [0.717, 1.165) is 0 Å². The van der Waals surface area contributed by atoms with Crippen LogP contribution in [0.2, 0.25) is 0 Å². The molecule has 2 unspecified atom stereocenters. The normalized spacial score (nSPS) is 24.9. The van der Waals surface area contributed by atoms with Crippen LogP contribution >= 0.6 is 0 Å². The zero-order valence-corrected chi connectivity index (χ0v) is 12.9. The first-order chi connectivity index (χ1) is 10.9. The lowest BCUT2D eigenvalue weighted by atomic mass is 10.1. The highest BCUT2D eigenvalue weighted by Gasteiger charge is 2.38. The van der Waals surface area contributed by atoms with Gasteiger partial charge in [0, 0.05) is 25.2 Å². The molecule has 2 aliphatic heterocycles. The summed E-state index contributed by atoms with van der Waals surface area (Å²) in [5.74, 6) is -1.34. The van der Waals surface area contributed by atoms with Crippen molar-refractivity contribution in [2.45, 2.75) is 26.1 Å². The average Bonchev–Trinajstić information content (AvgIpc) is 2.71. The quantitative estimate of drug-likeness (QED) is 0.472. The number of anilines is 1. The molecule has 0 aliphatic carbocycles. The standard InChI is InChI=1S/C15H17N3O5/c1-9-6-16(7-10(2)23-9)8-17-13-4-3-11(18(21)22)5-12(13)14(19)15(17)20/h3-5,9-10H,6-8H2,1-2H3. The highest BCUT2D eigenvalue weighted by Crippen LogP contribution is 2.32. The first-order valence-electron chi connectivity index (χ1n) is 7.39. The summed E-state index contributed by atoms with van der Waals surface area (Å²) in [4.78, 5) is 38.0. The molecule has 0 aromatic heterocycles. The van der Waals surface area contributed by atoms with Gasteiger partial charge in [-0.3, -0.25) is 29.5 Å². The average molecular weight is 319 g/mol. The molecule has 0 spiro atoms. The van der Waals surface area contributed by atoms with E-state index < -0.39 is 16.6 Å². The molecule has 3 rings (SSSR count). The van der Waals surface area contributed by atoms with Gasteiger partial charge in [0.25, 0.3) is 11.5 Å². The second kappa shape index (κ2) is 5.71. The molecule has 0 bridgehead atoms. The number of hydrogen-bond acceptors (Lipinski definition) is 6. The number of nitrogens with zero attached hydrogens (tertiary/aromatic N) is 3. The zero-order valence-electron chi connectivity index (χ0n) is 12.9. The highest BCUT2D eigenvalue weighted by molar-refractivity contribution is 6.52. The number of hydrogen-bond donors (Lipinski definition) is 0. The number of ketones is 1. The summed E-state index contributed by atoms with van der Waals surface area (Å²) in [7, 11) is 0. The second-order valence-electron chi connectivity index (χ2n) is 5.96. The van der Waals surface area contributed by atoms with Gasteiger partial charge in [-0.25, -0.2) is 0 Å². The molecule has 1 amide bonds. The molecule has 1 saturated heterocycles. The Morgan fingerprint density at radius 1 is 1.26 bits per heavy atom. The van der Waals surface area contributed by atoms with Crippen LogP contribution < -0.4 is 4.90 Å². The SMILES string of the molecule is CC1CN(CN2C(=O)C(=O)c3cc([N+](=O)[O-])ccc32)CC(C)O1. The number of ether oxygens (including phenoxy) is 1. The fraction of sp³-hybridized carbons (Fsp3) is 0.467. The van der Waals surface area contributed by atoms with Crippen molar-refractivity contribution in [3.63, 3.8) is 0 Å². The van der Waals surface area contributed by atoms with Crippen LogP contribution in [-0.2, 0) is 9.53 Å². The van der Waals surface area contributed by atoms with Gasteiger partial charge in [0.05, 0.1) is 35.1 Å². The Kier molecular flexibility index (Phi) is 3.87. The molecule has 2 atom stereocenters. The van der Waals surface area contributed by atoms with Crippen LogP contribution in [0.5, 0.6) is 0 Å². The minimum atomic E-state index is -0.696. The van der Waals surface area contributed by atoms with Gasteiger partial charge in [0.15, 0.2) is 0 Å². The minimum Gasteiger partial charge on any atom is -0.373 e. The molecule has 0 saturated carbocycles. The molecule has 1 aromatic carbocycles. The molecule has 1 aromatic rings. The van der Waals surface area contributed by atoms with Gasteiger partial charge in [0.2, 0.25) is 0 Å². The Labute approximate surface area is 132 Å². The summed E-state index contributed by atoms with van der Waals surface area (Å²) in [6.45, 7) is 5.50. The number of benzene rings is 1. The van der Waals surface area contributed by atoms with Crippen molar-refractivity contribution in [1.82, 2.24) is 4.90 Å². The molecule has 122 valence electrons. The van der Waals surface area contributed by atoms with Gasteiger partial charge in [-0.1, -0.05) is 0 Å². The summed E-state index contributed by atoms with van der Waals surface area (Å²) in [5, 5.41) is 10.8. The molecule has 8 nitrogen and oxygen atoms in total. The number of carbonyl (C=O) groups excluding carboxylic acids is 2. The summed E-state index contributed by atoms with van der Waals surface area (Å²) in [6, 6.07) is 3.94. The second-order valence-corrected chi connectivity index (χ2v) is 5.96. The largest absolute Gasteiger partial charge is 0.373 e. The number of non-ortho nitro benzene ring substituents is 1. The van der Waals surface area contributed by atoms with Gasteiger partial charge >= 0.3 is 5.91 Å². The monoisotopic (exact) mass is 319 g/mol. The van der Waals surface area contributed by atoms with Crippen LogP contribution in [0.1, 0.15) is 24.2 Å². The number of morpholine rings is 1. The van der Waals surface area contributed by atoms with Crippen molar-refractivity contribution < 1.29 is 19.2 Å². The van der Waals surface area contributed by atoms with E-state index in [-0.39, 0.29) is 30.1 Å². The van der Waals surface area contributed by atoms with Crippen molar-refractivity contribution in [3.8, 4) is 0 Å². The maximum absolute atomic E-state index is 12.2. The van der Waals surface area contributed by atoms with Crippen LogP contribution in [0, 0.1) is 10.1 Å². The Morgan fingerprint density at radius 3 is 2.52 bits per heavy atom. The van der Waals surface area contributed by atoms with Gasteiger partial charge in [0.1, 0.15) is 0 Å². The first kappa shape index (κ1) is 15.6. The van der Waals surface area contributed by atoms with Crippen molar-refractivity contribution in [2.24, 2.45) is 0 Å². The van der Waals surface area contributed by atoms with Crippen LogP contribution in [0.15, 0.2) is 18.2 Å². The Balaban J connectivity index is 1.86. The topological polar surface area (TPSA) is 93.0 Å². The summed E-state index contributed by atoms with van der Waals surface area (Å²) < 4.78 is 5.65. The van der Waals surface area contributed by atoms with Crippen molar-refractivity contribution in [2.75, 3.05) is 24.7 Å². The molecular formula is C15H17N3O5. The summed E-state index contributed by atoms with van der Waals surface area (Å²) >= 11 is 0. The zero-order chi connectivity index (χ0) is 16.7. The Hall–Kier alpha value is -2.32. The van der Waals surface area contributed by atoms with Crippen molar-refractivity contribution in [3.05, 3.63) is 33.9 Å². The highest BCUT2D eigenvalue weighted by atomic mass is 16.6. The summed E-state index contributed by atoms with van der Waals surface area (Å²) in [6.07, 6.45) is 0.0898. The van der Waals surface area contributed by atoms with E-state index in [1.54, 1.807) is 0 Å². The maximum atomic E-state index is 12.2.